The van der Waals surface area contributed by atoms with Crippen molar-refractivity contribution in [1.82, 2.24) is 9.38 Å². The van der Waals surface area contributed by atoms with Gasteiger partial charge in [0.1, 0.15) is 5.65 Å². The number of aromatic nitrogens is 2. The molecule has 0 fully saturated rings. The Bertz CT molecular complexity index is 922. The molecule has 0 atom stereocenters. The number of imidazole rings is 1. The number of ether oxygens (including phenoxy) is 2. The zero-order valence-corrected chi connectivity index (χ0v) is 12.0. The van der Waals surface area contributed by atoms with Crippen molar-refractivity contribution in [2.45, 2.75) is 13.3 Å². The molecule has 4 rings (SSSR count). The van der Waals surface area contributed by atoms with Crippen LogP contribution in [0.25, 0.3) is 16.9 Å². The molecule has 0 aliphatic carbocycles. The van der Waals surface area contributed by atoms with Gasteiger partial charge in [-0.05, 0) is 36.8 Å². The highest BCUT2D eigenvalue weighted by Crippen LogP contribution is 2.37. The molecule has 0 saturated carbocycles. The minimum Gasteiger partial charge on any atom is -0.454 e. The fourth-order valence-electron chi connectivity index (χ4n) is 2.77. The first kappa shape index (κ1) is 12.7. The molecule has 5 heteroatoms. The Labute approximate surface area is 127 Å². The van der Waals surface area contributed by atoms with E-state index in [1.165, 1.54) is 0 Å². The van der Waals surface area contributed by atoms with Crippen LogP contribution in [-0.4, -0.2) is 16.2 Å². The van der Waals surface area contributed by atoms with Crippen LogP contribution >= 0.6 is 0 Å². The molecule has 1 aliphatic heterocycles. The van der Waals surface area contributed by atoms with Gasteiger partial charge in [-0.1, -0.05) is 6.07 Å². The predicted molar refractivity (Wildman–Crippen MR) is 80.8 cm³/mol. The van der Waals surface area contributed by atoms with Crippen LogP contribution < -0.4 is 9.47 Å². The fourth-order valence-corrected chi connectivity index (χ4v) is 2.77. The van der Waals surface area contributed by atoms with Crippen molar-refractivity contribution < 1.29 is 9.47 Å². The first-order valence-corrected chi connectivity index (χ1v) is 7.01. The summed E-state index contributed by atoms with van der Waals surface area (Å²) in [6.45, 7) is 2.26. The van der Waals surface area contributed by atoms with Gasteiger partial charge >= 0.3 is 0 Å². The van der Waals surface area contributed by atoms with Gasteiger partial charge in [0.15, 0.2) is 11.5 Å². The maximum Gasteiger partial charge on any atom is 0.231 e. The number of aryl methyl sites for hydroxylation is 1. The average Bonchev–Trinajstić information content (AvgIpc) is 3.12. The van der Waals surface area contributed by atoms with E-state index >= 15 is 0 Å². The number of fused-ring (bicyclic) bond motifs is 2. The molecule has 108 valence electrons. The van der Waals surface area contributed by atoms with E-state index in [-0.39, 0.29) is 6.79 Å². The van der Waals surface area contributed by atoms with Crippen molar-refractivity contribution in [3.63, 3.8) is 0 Å². The van der Waals surface area contributed by atoms with Gasteiger partial charge in [0.2, 0.25) is 6.79 Å². The summed E-state index contributed by atoms with van der Waals surface area (Å²) < 4.78 is 12.8. The average molecular weight is 291 g/mol. The quantitative estimate of drug-likeness (QED) is 0.728. The van der Waals surface area contributed by atoms with E-state index in [1.807, 2.05) is 47.9 Å². The summed E-state index contributed by atoms with van der Waals surface area (Å²) in [7, 11) is 0. The molecule has 3 heterocycles. The van der Waals surface area contributed by atoms with E-state index in [0.717, 1.165) is 33.9 Å². The van der Waals surface area contributed by atoms with E-state index in [9.17, 15) is 0 Å². The van der Waals surface area contributed by atoms with E-state index in [2.05, 4.69) is 6.07 Å². The Morgan fingerprint density at radius 1 is 1.27 bits per heavy atom. The molecule has 0 unspecified atom stereocenters. The minimum absolute atomic E-state index is 0.244. The van der Waals surface area contributed by atoms with Crippen LogP contribution in [0.1, 0.15) is 11.3 Å². The molecule has 5 nitrogen and oxygen atoms in total. The van der Waals surface area contributed by atoms with Gasteiger partial charge in [-0.25, -0.2) is 4.98 Å². The summed E-state index contributed by atoms with van der Waals surface area (Å²) in [6.07, 6.45) is 2.24. The Balaban J connectivity index is 1.96. The molecule has 0 amide bonds. The lowest BCUT2D eigenvalue weighted by molar-refractivity contribution is 0.174. The standard InChI is InChI=1S/C17H13N3O2/c1-11-3-2-8-20-13(6-7-18)16(19-17(11)20)12-4-5-14-15(9-12)22-10-21-14/h2-5,8-9H,6,10H2,1H3. The van der Waals surface area contributed by atoms with Crippen molar-refractivity contribution in [2.75, 3.05) is 6.79 Å². The first-order valence-electron chi connectivity index (χ1n) is 7.01. The van der Waals surface area contributed by atoms with E-state index in [1.54, 1.807) is 0 Å². The summed E-state index contributed by atoms with van der Waals surface area (Å²) in [5, 5.41) is 9.16. The minimum atomic E-state index is 0.244. The maximum atomic E-state index is 9.16. The van der Waals surface area contributed by atoms with Gasteiger partial charge in [-0.3, -0.25) is 0 Å². The van der Waals surface area contributed by atoms with E-state index in [0.29, 0.717) is 12.2 Å². The molecular weight excluding hydrogens is 278 g/mol. The van der Waals surface area contributed by atoms with Gasteiger partial charge in [-0.15, -0.1) is 0 Å². The molecule has 22 heavy (non-hydrogen) atoms. The maximum absolute atomic E-state index is 9.16. The molecule has 1 aliphatic rings. The van der Waals surface area contributed by atoms with Crippen molar-refractivity contribution in [1.29, 1.82) is 5.26 Å². The van der Waals surface area contributed by atoms with Gasteiger partial charge in [-0.2, -0.15) is 5.26 Å². The van der Waals surface area contributed by atoms with Crippen LogP contribution in [-0.2, 0) is 6.42 Å². The van der Waals surface area contributed by atoms with Crippen LogP contribution in [0.3, 0.4) is 0 Å². The molecule has 0 spiro atoms. The van der Waals surface area contributed by atoms with Crippen LogP contribution in [0.15, 0.2) is 36.5 Å². The highest BCUT2D eigenvalue weighted by Gasteiger charge is 2.19. The SMILES string of the molecule is Cc1cccn2c(CC#N)c(-c3ccc4c(c3)OCO4)nc12. The normalized spacial score (nSPS) is 12.5. The molecule has 0 N–H and O–H groups in total. The third-order valence-electron chi connectivity index (χ3n) is 3.84. The molecular formula is C17H13N3O2. The Morgan fingerprint density at radius 2 is 2.14 bits per heavy atom. The summed E-state index contributed by atoms with van der Waals surface area (Å²) in [5.74, 6) is 1.46. The second-order valence-electron chi connectivity index (χ2n) is 5.19. The van der Waals surface area contributed by atoms with Crippen molar-refractivity contribution in [2.24, 2.45) is 0 Å². The van der Waals surface area contributed by atoms with Gasteiger partial charge < -0.3 is 13.9 Å². The lowest BCUT2D eigenvalue weighted by Crippen LogP contribution is -1.94. The van der Waals surface area contributed by atoms with E-state index < -0.39 is 0 Å². The summed E-state index contributed by atoms with van der Waals surface area (Å²) in [4.78, 5) is 4.74. The van der Waals surface area contributed by atoms with Crippen LogP contribution in [0.4, 0.5) is 0 Å². The van der Waals surface area contributed by atoms with Crippen LogP contribution in [0.5, 0.6) is 11.5 Å². The Kier molecular flexibility index (Phi) is 2.76. The third kappa shape index (κ3) is 1.81. The zero-order valence-electron chi connectivity index (χ0n) is 12.0. The second-order valence-corrected chi connectivity index (χ2v) is 5.19. The monoisotopic (exact) mass is 291 g/mol. The second kappa shape index (κ2) is 4.78. The lowest BCUT2D eigenvalue weighted by atomic mass is 10.1. The summed E-state index contributed by atoms with van der Waals surface area (Å²) >= 11 is 0. The Hall–Kier alpha value is -3.00. The highest BCUT2D eigenvalue weighted by molar-refractivity contribution is 5.71. The lowest BCUT2D eigenvalue weighted by Gasteiger charge is -2.03. The molecule has 0 radical (unpaired) electrons. The predicted octanol–water partition coefficient (Wildman–Crippen LogP) is 3.10. The van der Waals surface area contributed by atoms with Crippen molar-refractivity contribution in [3.05, 3.63) is 47.8 Å². The number of rotatable bonds is 2. The number of pyridine rings is 1. The number of nitrogens with zero attached hydrogens (tertiary/aromatic N) is 3. The topological polar surface area (TPSA) is 59.5 Å². The summed E-state index contributed by atoms with van der Waals surface area (Å²) in [6, 6.07) is 12.0. The van der Waals surface area contributed by atoms with Crippen LogP contribution in [0, 0.1) is 18.3 Å². The third-order valence-corrected chi connectivity index (χ3v) is 3.84. The molecule has 0 bridgehead atoms. The number of benzene rings is 1. The van der Waals surface area contributed by atoms with Crippen molar-refractivity contribution in [3.8, 4) is 28.8 Å². The zero-order chi connectivity index (χ0) is 15.1. The van der Waals surface area contributed by atoms with Gasteiger partial charge in [0, 0.05) is 11.8 Å². The summed E-state index contributed by atoms with van der Waals surface area (Å²) in [5.41, 5.74) is 4.58. The molecule has 3 aromatic rings. The van der Waals surface area contributed by atoms with Gasteiger partial charge in [0.05, 0.1) is 23.9 Å². The number of hydrogen-bond acceptors (Lipinski definition) is 4. The first-order chi connectivity index (χ1) is 10.8. The van der Waals surface area contributed by atoms with Crippen molar-refractivity contribution >= 4 is 5.65 Å². The number of hydrogen-bond donors (Lipinski definition) is 0. The largest absolute Gasteiger partial charge is 0.454 e. The van der Waals surface area contributed by atoms with Gasteiger partial charge in [0.25, 0.3) is 0 Å². The molecule has 0 saturated heterocycles. The molecule has 2 aromatic heterocycles. The van der Waals surface area contributed by atoms with E-state index in [4.69, 9.17) is 19.7 Å². The molecule has 1 aromatic carbocycles. The fraction of sp³-hybridized carbons (Fsp3) is 0.176. The smallest absolute Gasteiger partial charge is 0.231 e. The number of nitriles is 1. The Morgan fingerprint density at radius 3 is 3.00 bits per heavy atom. The highest BCUT2D eigenvalue weighted by atomic mass is 16.7. The van der Waals surface area contributed by atoms with Crippen LogP contribution in [0.2, 0.25) is 0 Å².